The molecule has 7 heteroatoms. The van der Waals surface area contributed by atoms with Crippen LogP contribution >= 0.6 is 0 Å². The summed E-state index contributed by atoms with van der Waals surface area (Å²) in [6.07, 6.45) is 2.22. The van der Waals surface area contributed by atoms with Gasteiger partial charge in [0.2, 0.25) is 0 Å². The maximum Gasteiger partial charge on any atom is -0.109 e. The molecule has 48 heavy (non-hydrogen) atoms. The minimum Gasteiger partial charge on any atom is -0.273 e. The summed E-state index contributed by atoms with van der Waals surface area (Å²) in [7, 11) is 0. The molecule has 0 saturated heterocycles. The van der Waals surface area contributed by atoms with E-state index in [9.17, 15) is 26.3 Å². The van der Waals surface area contributed by atoms with E-state index in [1.165, 1.54) is 57.6 Å². The predicted molar refractivity (Wildman–Crippen MR) is 179 cm³/mol. The molecule has 0 bridgehead atoms. The van der Waals surface area contributed by atoms with Crippen molar-refractivity contribution in [3.05, 3.63) is 154 Å². The van der Waals surface area contributed by atoms with E-state index in [1.54, 1.807) is 0 Å². The topological polar surface area (TPSA) is 0 Å². The molecule has 0 spiro atoms. The number of allylic oxidation sites excluding steroid dienone is 4. The van der Waals surface area contributed by atoms with Crippen molar-refractivity contribution < 1.29 is 50.2 Å². The number of hydrogen-bond donors (Lipinski definition) is 0. The van der Waals surface area contributed by atoms with Gasteiger partial charge in [0, 0.05) is 0 Å². The van der Waals surface area contributed by atoms with Crippen LogP contribution in [0.15, 0.2) is 97.1 Å². The normalized spacial score (nSPS) is 13.6. The molecular formula is C41H38F6Hf. The molecule has 0 aromatic heterocycles. The van der Waals surface area contributed by atoms with Crippen molar-refractivity contribution in [2.45, 2.75) is 77.6 Å². The zero-order valence-electron chi connectivity index (χ0n) is 27.9. The second kappa shape index (κ2) is 14.7. The first-order chi connectivity index (χ1) is 22.2. The van der Waals surface area contributed by atoms with Gasteiger partial charge in [0.1, 0.15) is 0 Å². The van der Waals surface area contributed by atoms with Crippen molar-refractivity contribution in [2.75, 3.05) is 0 Å². The van der Waals surface area contributed by atoms with Gasteiger partial charge in [0.25, 0.3) is 0 Å². The molecule has 4 aromatic carbocycles. The average Bonchev–Trinajstić information content (AvgIpc) is 3.71. The molecule has 4 aromatic rings. The molecule has 0 radical (unpaired) electrons. The van der Waals surface area contributed by atoms with Crippen LogP contribution in [0, 0.1) is 12.1 Å². The van der Waals surface area contributed by atoms with Gasteiger partial charge in [0.05, 0.1) is 0 Å². The first-order valence-corrected chi connectivity index (χ1v) is 17.4. The molecule has 0 atom stereocenters. The monoisotopic (exact) mass is 824 g/mol. The van der Waals surface area contributed by atoms with Gasteiger partial charge in [-0.2, -0.15) is 29.8 Å². The van der Waals surface area contributed by atoms with Gasteiger partial charge >= 0.3 is 137 Å². The zero-order chi connectivity index (χ0) is 35.5. The molecule has 6 rings (SSSR count). The Balaban J connectivity index is 0.000000189. The molecule has 0 fully saturated rings. The van der Waals surface area contributed by atoms with Crippen molar-refractivity contribution in [1.29, 1.82) is 0 Å². The smallest absolute Gasteiger partial charge is 0.109 e. The van der Waals surface area contributed by atoms with E-state index >= 15 is 0 Å². The summed E-state index contributed by atoms with van der Waals surface area (Å²) in [4.78, 5) is 0. The summed E-state index contributed by atoms with van der Waals surface area (Å²) in [5, 5.41) is 0. The summed E-state index contributed by atoms with van der Waals surface area (Å²) in [6, 6.07) is 24.4. The summed E-state index contributed by atoms with van der Waals surface area (Å²) in [5.74, 6) is 0. The molecular weight excluding hydrogens is 785 g/mol. The Morgan fingerprint density at radius 2 is 1.12 bits per heavy atom. The largest absolute Gasteiger partial charge is 0.273 e. The molecule has 0 saturated carbocycles. The van der Waals surface area contributed by atoms with E-state index in [2.05, 4.69) is 90.1 Å². The van der Waals surface area contributed by atoms with Crippen LogP contribution in [0.5, 0.6) is 0 Å². The standard InChI is InChI=1S/C21H25.C15H8F6.C5H5.Hf/c1-20(2,3)16-7-9-18-14(12-16)11-15-13-17(21(4,5)6)8-10-19(15)18;16-14(17,18)12-5-1-10(2-6-12)9-11-3-7-13(8-4-11)15(19,20)21;1-2-4-5-3-1;/h7-10,12H,11H2,1-6H3;1-8H;1-3H,4H2;/q-1;;-1;+2. The molecule has 0 heterocycles. The fourth-order valence-corrected chi connectivity index (χ4v) is 6.38. The Kier molecular flexibility index (Phi) is 11.4. The zero-order valence-corrected chi connectivity index (χ0v) is 31.5. The van der Waals surface area contributed by atoms with Gasteiger partial charge in [-0.1, -0.05) is 65.3 Å². The summed E-state index contributed by atoms with van der Waals surface area (Å²) >= 11 is 0.493. The van der Waals surface area contributed by atoms with Crippen molar-refractivity contribution in [3.8, 4) is 11.1 Å². The molecule has 2 aliphatic carbocycles. The minimum absolute atomic E-state index is 0.167. The third kappa shape index (κ3) is 9.64. The van der Waals surface area contributed by atoms with E-state index in [4.69, 9.17) is 0 Å². The first kappa shape index (κ1) is 37.5. The molecule has 2 aliphatic rings. The van der Waals surface area contributed by atoms with Crippen LogP contribution in [-0.4, -0.2) is 3.26 Å². The molecule has 248 valence electrons. The Labute approximate surface area is 294 Å². The van der Waals surface area contributed by atoms with Gasteiger partial charge in [-0.15, -0.1) is 17.5 Å². The van der Waals surface area contributed by atoms with Crippen LogP contribution in [0.1, 0.15) is 92.5 Å². The molecule has 0 amide bonds. The van der Waals surface area contributed by atoms with Crippen molar-refractivity contribution in [3.63, 3.8) is 0 Å². The number of fused-ring (bicyclic) bond motifs is 3. The fraction of sp³-hybridized carbons (Fsp3) is 0.293. The maximum absolute atomic E-state index is 12.5. The Morgan fingerprint density at radius 3 is 1.52 bits per heavy atom. The maximum atomic E-state index is 12.5. The Hall–Kier alpha value is -3.32. The van der Waals surface area contributed by atoms with Gasteiger partial charge in [-0.25, -0.2) is 12.2 Å². The van der Waals surface area contributed by atoms with Crippen LogP contribution in [0.4, 0.5) is 26.3 Å². The quantitative estimate of drug-likeness (QED) is 0.0945. The van der Waals surface area contributed by atoms with Crippen LogP contribution in [0.25, 0.3) is 11.1 Å². The van der Waals surface area contributed by atoms with Gasteiger partial charge in [-0.3, -0.25) is 6.08 Å². The first-order valence-electron chi connectivity index (χ1n) is 15.6. The number of halogens is 6. The number of alkyl halides is 6. The molecule has 0 unspecified atom stereocenters. The summed E-state index contributed by atoms with van der Waals surface area (Å²) < 4.78 is 75.7. The second-order valence-corrected chi connectivity index (χ2v) is 15.6. The second-order valence-electron chi connectivity index (χ2n) is 13.8. The van der Waals surface area contributed by atoms with Gasteiger partial charge in [0.15, 0.2) is 0 Å². The van der Waals surface area contributed by atoms with Gasteiger partial charge < -0.3 is 0 Å². The third-order valence-electron chi connectivity index (χ3n) is 8.05. The Morgan fingerprint density at radius 1 is 0.625 bits per heavy atom. The fourth-order valence-electron chi connectivity index (χ4n) is 5.19. The van der Waals surface area contributed by atoms with Crippen LogP contribution in [0.2, 0.25) is 0 Å². The van der Waals surface area contributed by atoms with Crippen LogP contribution < -0.4 is 0 Å². The predicted octanol–water partition coefficient (Wildman–Crippen LogP) is 11.8. The Bertz CT molecular complexity index is 1660. The molecule has 0 N–H and O–H groups in total. The number of rotatable bonds is 2. The van der Waals surface area contributed by atoms with E-state index < -0.39 is 23.5 Å². The summed E-state index contributed by atoms with van der Waals surface area (Å²) in [5.41, 5.74) is 8.37. The number of hydrogen-bond acceptors (Lipinski definition) is 0. The van der Waals surface area contributed by atoms with E-state index in [-0.39, 0.29) is 10.8 Å². The average molecular weight is 823 g/mol. The minimum atomic E-state index is -4.40. The number of benzene rings is 4. The molecule has 0 aliphatic heterocycles. The van der Waals surface area contributed by atoms with Crippen molar-refractivity contribution in [1.82, 2.24) is 0 Å². The van der Waals surface area contributed by atoms with Crippen LogP contribution in [-0.2, 0) is 53.5 Å². The SMILES string of the molecule is CC(C)(C)c1[c-]c2c(cc1)-c1ccc(C(C)(C)C)cc1C2.FC(F)(F)c1ccc([C](=[Hf+2])c2ccc(C(F)(F)F)cc2)cc1.[C-]1=CC=CC1. The van der Waals surface area contributed by atoms with E-state index in [0.717, 1.165) is 40.4 Å². The summed E-state index contributed by atoms with van der Waals surface area (Å²) in [6.45, 7) is 13.6. The van der Waals surface area contributed by atoms with Crippen molar-refractivity contribution in [2.24, 2.45) is 0 Å². The van der Waals surface area contributed by atoms with Crippen molar-refractivity contribution >= 4 is 3.26 Å². The van der Waals surface area contributed by atoms with E-state index in [0.29, 0.717) is 35.0 Å². The van der Waals surface area contributed by atoms with Crippen LogP contribution in [0.3, 0.4) is 0 Å². The third-order valence-corrected chi connectivity index (χ3v) is 10.1. The molecule has 0 nitrogen and oxygen atoms in total. The van der Waals surface area contributed by atoms with Gasteiger partial charge in [-0.05, 0) is 28.4 Å². The van der Waals surface area contributed by atoms with E-state index in [1.807, 2.05) is 12.2 Å².